The van der Waals surface area contributed by atoms with Crippen LogP contribution in [0.5, 0.6) is 0 Å². The van der Waals surface area contributed by atoms with Crippen LogP contribution in [-0.4, -0.2) is 56.9 Å². The van der Waals surface area contributed by atoms with Crippen LogP contribution in [0.1, 0.15) is 48.1 Å². The molecule has 11 nitrogen and oxygen atoms in total. The van der Waals surface area contributed by atoms with Gasteiger partial charge in [0.15, 0.2) is 11.9 Å². The van der Waals surface area contributed by atoms with Gasteiger partial charge in [-0.2, -0.15) is 0 Å². The molecule has 0 spiro atoms. The lowest BCUT2D eigenvalue weighted by Gasteiger charge is -2.22. The SMILES string of the molecule is C/C=C/C=C/C=C/C=C/C(=O)N[C@@H](Cc1ccccc1)C(=O)N[C@@H](Cc1ccccc1)c1nc(/C(O)=C/C(=O)CC(=O)O[C@@H](C)C(=O)O)cs1. The predicted molar refractivity (Wildman–Crippen MR) is 191 cm³/mol. The van der Waals surface area contributed by atoms with E-state index in [0.717, 1.165) is 35.5 Å². The summed E-state index contributed by atoms with van der Waals surface area (Å²) in [7, 11) is 0. The molecular weight excluding hydrogens is 658 g/mol. The molecule has 0 fully saturated rings. The topological polar surface area (TPSA) is 172 Å². The zero-order valence-electron chi connectivity index (χ0n) is 27.6. The summed E-state index contributed by atoms with van der Waals surface area (Å²) >= 11 is 1.14. The molecule has 0 radical (unpaired) electrons. The average Bonchev–Trinajstić information content (AvgIpc) is 3.59. The number of thiazole rings is 1. The Bertz CT molecular complexity index is 1760. The minimum Gasteiger partial charge on any atom is -0.506 e. The maximum Gasteiger partial charge on any atom is 0.344 e. The molecule has 12 heteroatoms. The van der Waals surface area contributed by atoms with E-state index in [1.807, 2.05) is 91.9 Å². The fraction of sp³-hybridized carbons (Fsp3) is 0.211. The molecule has 2 amide bonds. The molecule has 3 aromatic rings. The number of allylic oxidation sites excluding steroid dienone is 8. The van der Waals surface area contributed by atoms with Crippen LogP contribution in [0, 0.1) is 0 Å². The second-order valence-electron chi connectivity index (χ2n) is 10.9. The van der Waals surface area contributed by atoms with E-state index < -0.39 is 59.9 Å². The summed E-state index contributed by atoms with van der Waals surface area (Å²) in [5, 5.41) is 27.2. The molecule has 0 bridgehead atoms. The summed E-state index contributed by atoms with van der Waals surface area (Å²) in [6.45, 7) is 3.06. The normalized spacial score (nSPS) is 13.8. The van der Waals surface area contributed by atoms with E-state index in [-0.39, 0.29) is 12.1 Å². The Hall–Kier alpha value is -5.88. The van der Waals surface area contributed by atoms with Gasteiger partial charge < -0.3 is 25.6 Å². The zero-order chi connectivity index (χ0) is 36.3. The largest absolute Gasteiger partial charge is 0.506 e. The van der Waals surface area contributed by atoms with Gasteiger partial charge in [0.1, 0.15) is 28.9 Å². The second-order valence-corrected chi connectivity index (χ2v) is 11.8. The lowest BCUT2D eigenvalue weighted by Crippen LogP contribution is -2.48. The van der Waals surface area contributed by atoms with Crippen LogP contribution in [0.15, 0.2) is 121 Å². The van der Waals surface area contributed by atoms with Crippen LogP contribution in [0.3, 0.4) is 0 Å². The number of ketones is 1. The van der Waals surface area contributed by atoms with Crippen LogP contribution in [0.25, 0.3) is 5.76 Å². The molecule has 50 heavy (non-hydrogen) atoms. The molecule has 4 N–H and O–H groups in total. The van der Waals surface area contributed by atoms with Crippen molar-refractivity contribution in [2.24, 2.45) is 0 Å². The van der Waals surface area contributed by atoms with Crippen molar-refractivity contribution < 1.29 is 38.9 Å². The number of carboxylic acid groups (broad SMARTS) is 1. The van der Waals surface area contributed by atoms with Crippen molar-refractivity contribution in [3.05, 3.63) is 143 Å². The van der Waals surface area contributed by atoms with Gasteiger partial charge in [0.2, 0.25) is 11.8 Å². The van der Waals surface area contributed by atoms with Crippen molar-refractivity contribution in [1.82, 2.24) is 15.6 Å². The van der Waals surface area contributed by atoms with E-state index >= 15 is 0 Å². The fourth-order valence-electron chi connectivity index (χ4n) is 4.39. The summed E-state index contributed by atoms with van der Waals surface area (Å²) in [4.78, 5) is 66.3. The summed E-state index contributed by atoms with van der Waals surface area (Å²) in [5.74, 6) is -4.67. The molecular formula is C38H39N3O8S. The Morgan fingerprint density at radius 3 is 2.06 bits per heavy atom. The number of aliphatic hydroxyl groups is 1. The van der Waals surface area contributed by atoms with E-state index in [2.05, 4.69) is 20.4 Å². The standard InChI is InChI=1S/C38H39N3O8S/c1-3-4-5-6-7-8-15-20-34(44)39-30(21-27-16-11-9-12-17-27)36(46)40-31(22-28-18-13-10-14-19-28)37-41-32(25-50-37)33(43)23-29(42)24-35(45)49-26(2)38(47)48/h3-20,23,25-26,30-31,43H,21-22,24H2,1-2H3,(H,39,44)(H,40,46)(H,47,48)/b4-3+,6-5+,8-7+,20-15+,33-23-/t26-,30-,31-/m0/s1. The number of aliphatic hydroxyl groups excluding tert-OH is 1. The highest BCUT2D eigenvalue weighted by Crippen LogP contribution is 2.25. The first-order valence-electron chi connectivity index (χ1n) is 15.7. The lowest BCUT2D eigenvalue weighted by atomic mass is 10.0. The number of amides is 2. The third kappa shape index (κ3) is 13.7. The molecule has 260 valence electrons. The molecule has 0 aliphatic heterocycles. The van der Waals surface area contributed by atoms with Gasteiger partial charge in [0.25, 0.3) is 0 Å². The van der Waals surface area contributed by atoms with Crippen molar-refractivity contribution in [1.29, 1.82) is 0 Å². The fourth-order valence-corrected chi connectivity index (χ4v) is 5.25. The number of aliphatic carboxylic acids is 1. The van der Waals surface area contributed by atoms with Crippen LogP contribution in [-0.2, 0) is 41.6 Å². The Balaban J connectivity index is 1.81. The highest BCUT2D eigenvalue weighted by Gasteiger charge is 2.26. The number of carbonyl (C=O) groups excluding carboxylic acids is 4. The Morgan fingerprint density at radius 1 is 0.840 bits per heavy atom. The van der Waals surface area contributed by atoms with E-state index in [4.69, 9.17) is 5.11 Å². The number of hydrogen-bond acceptors (Lipinski definition) is 9. The molecule has 0 unspecified atom stereocenters. The van der Waals surface area contributed by atoms with Gasteiger partial charge in [-0.25, -0.2) is 9.78 Å². The van der Waals surface area contributed by atoms with Gasteiger partial charge in [0, 0.05) is 24.0 Å². The summed E-state index contributed by atoms with van der Waals surface area (Å²) in [6.07, 6.45) is 13.0. The molecule has 0 saturated carbocycles. The van der Waals surface area contributed by atoms with Gasteiger partial charge >= 0.3 is 11.9 Å². The summed E-state index contributed by atoms with van der Waals surface area (Å²) < 4.78 is 4.66. The molecule has 2 aromatic carbocycles. The first-order valence-corrected chi connectivity index (χ1v) is 16.6. The monoisotopic (exact) mass is 697 g/mol. The Labute approximate surface area is 294 Å². The van der Waals surface area contributed by atoms with Gasteiger partial charge in [0.05, 0.1) is 6.04 Å². The number of aromatic nitrogens is 1. The van der Waals surface area contributed by atoms with Crippen LogP contribution < -0.4 is 10.6 Å². The molecule has 1 heterocycles. The average molecular weight is 698 g/mol. The number of nitrogens with zero attached hydrogens (tertiary/aromatic N) is 1. The number of esters is 1. The number of hydrogen-bond donors (Lipinski definition) is 4. The Morgan fingerprint density at radius 2 is 1.44 bits per heavy atom. The first-order chi connectivity index (χ1) is 24.0. The van der Waals surface area contributed by atoms with Crippen molar-refractivity contribution in [2.75, 3.05) is 0 Å². The smallest absolute Gasteiger partial charge is 0.344 e. The van der Waals surface area contributed by atoms with E-state index in [9.17, 15) is 29.1 Å². The first kappa shape index (κ1) is 38.6. The minimum absolute atomic E-state index is 0.0332. The molecule has 0 aliphatic carbocycles. The van der Waals surface area contributed by atoms with Crippen molar-refractivity contribution in [3.63, 3.8) is 0 Å². The highest BCUT2D eigenvalue weighted by atomic mass is 32.1. The van der Waals surface area contributed by atoms with Crippen molar-refractivity contribution >= 4 is 46.6 Å². The minimum atomic E-state index is -1.43. The van der Waals surface area contributed by atoms with Crippen LogP contribution in [0.2, 0.25) is 0 Å². The maximum absolute atomic E-state index is 13.9. The predicted octanol–water partition coefficient (Wildman–Crippen LogP) is 5.39. The third-order valence-corrected chi connectivity index (χ3v) is 7.82. The quantitative estimate of drug-likeness (QED) is 0.0447. The molecule has 0 aliphatic rings. The van der Waals surface area contributed by atoms with E-state index in [1.54, 1.807) is 18.2 Å². The van der Waals surface area contributed by atoms with E-state index in [1.165, 1.54) is 11.5 Å². The van der Waals surface area contributed by atoms with Crippen LogP contribution in [0.4, 0.5) is 0 Å². The number of carbonyl (C=O) groups is 5. The van der Waals surface area contributed by atoms with Gasteiger partial charge in [-0.15, -0.1) is 11.3 Å². The number of nitrogens with one attached hydrogen (secondary N) is 2. The number of rotatable bonds is 18. The molecule has 0 saturated heterocycles. The number of ether oxygens (including phenoxy) is 1. The summed E-state index contributed by atoms with van der Waals surface area (Å²) in [5.41, 5.74) is 1.76. The second kappa shape index (κ2) is 20.5. The molecule has 3 rings (SSSR count). The van der Waals surface area contributed by atoms with Crippen LogP contribution >= 0.6 is 11.3 Å². The maximum atomic E-state index is 13.9. The highest BCUT2D eigenvalue weighted by molar-refractivity contribution is 7.09. The number of carboxylic acids is 1. The van der Waals surface area contributed by atoms with E-state index in [0.29, 0.717) is 11.4 Å². The van der Waals surface area contributed by atoms with Crippen molar-refractivity contribution in [2.45, 2.75) is 51.3 Å². The molecule has 3 atom stereocenters. The number of benzene rings is 2. The Kier molecular flexibility index (Phi) is 15.8. The van der Waals surface area contributed by atoms with Crippen molar-refractivity contribution in [3.8, 4) is 0 Å². The van der Waals surface area contributed by atoms with Gasteiger partial charge in [-0.05, 0) is 31.4 Å². The van der Waals surface area contributed by atoms with Gasteiger partial charge in [-0.3, -0.25) is 19.2 Å². The lowest BCUT2D eigenvalue weighted by molar-refractivity contribution is -0.163. The zero-order valence-corrected chi connectivity index (χ0v) is 28.4. The third-order valence-electron chi connectivity index (χ3n) is 6.87. The summed E-state index contributed by atoms with van der Waals surface area (Å²) in [6, 6.07) is 17.0. The van der Waals surface area contributed by atoms with Gasteiger partial charge in [-0.1, -0.05) is 103 Å². The molecule has 1 aromatic heterocycles.